The Morgan fingerprint density at radius 3 is 2.80 bits per heavy atom. The molecule has 2 aromatic heterocycles. The molecule has 0 saturated carbocycles. The number of carbonyl (C=O) groups is 1. The molecule has 0 fully saturated rings. The number of aromatic nitrogens is 1. The van der Waals surface area contributed by atoms with E-state index in [1.165, 1.54) is 11.3 Å². The maximum absolute atomic E-state index is 11.7. The minimum absolute atomic E-state index is 0.100. The van der Waals surface area contributed by atoms with E-state index in [1.54, 1.807) is 19.4 Å². The summed E-state index contributed by atoms with van der Waals surface area (Å²) < 4.78 is 6.76. The number of benzene rings is 1. The highest BCUT2D eigenvalue weighted by atomic mass is 32.1. The van der Waals surface area contributed by atoms with Gasteiger partial charge in [-0.1, -0.05) is 18.2 Å². The van der Waals surface area contributed by atoms with Gasteiger partial charge < -0.3 is 10.1 Å². The topological polar surface area (TPSA) is 51.2 Å². The Morgan fingerprint density at radius 1 is 1.25 bits per heavy atom. The van der Waals surface area contributed by atoms with Gasteiger partial charge in [0.05, 0.1) is 15.8 Å². The van der Waals surface area contributed by atoms with Crippen LogP contribution in [-0.4, -0.2) is 17.9 Å². The molecular formula is C15H12N2O2S. The van der Waals surface area contributed by atoms with E-state index < -0.39 is 0 Å². The summed E-state index contributed by atoms with van der Waals surface area (Å²) in [4.78, 5) is 16.5. The van der Waals surface area contributed by atoms with Crippen LogP contribution in [0.25, 0.3) is 10.1 Å². The lowest BCUT2D eigenvalue weighted by Crippen LogP contribution is -2.15. The monoisotopic (exact) mass is 284 g/mol. The van der Waals surface area contributed by atoms with Crippen molar-refractivity contribution < 1.29 is 9.53 Å². The van der Waals surface area contributed by atoms with Gasteiger partial charge in [-0.2, -0.15) is 0 Å². The Balaban J connectivity index is 2.03. The predicted molar refractivity (Wildman–Crippen MR) is 79.5 cm³/mol. The van der Waals surface area contributed by atoms with Crippen LogP contribution in [0.1, 0.15) is 9.67 Å². The Kier molecular flexibility index (Phi) is 3.35. The lowest BCUT2D eigenvalue weighted by molar-refractivity contribution is 0.0967. The molecule has 3 aromatic rings. The zero-order valence-electron chi connectivity index (χ0n) is 10.8. The smallest absolute Gasteiger partial charge is 0.261 e. The summed E-state index contributed by atoms with van der Waals surface area (Å²) in [5.41, 5.74) is 0. The number of pyridine rings is 1. The zero-order valence-corrected chi connectivity index (χ0v) is 11.6. The number of hydrogen-bond acceptors (Lipinski definition) is 4. The molecule has 20 heavy (non-hydrogen) atoms. The SMILES string of the molecule is CNC(=O)c1cc2c(Oc3ccccc3)cncc2s1. The molecule has 0 radical (unpaired) electrons. The standard InChI is InChI=1S/C15H12N2O2S/c1-16-15(18)13-7-11-12(8-17-9-14(11)20-13)19-10-5-3-2-4-6-10/h2-9H,1H3,(H,16,18). The van der Waals surface area contributed by atoms with Crippen LogP contribution in [0, 0.1) is 0 Å². The average molecular weight is 284 g/mol. The molecule has 0 saturated heterocycles. The maximum Gasteiger partial charge on any atom is 0.261 e. The third-order valence-corrected chi connectivity index (χ3v) is 3.90. The van der Waals surface area contributed by atoms with E-state index in [4.69, 9.17) is 4.74 Å². The molecule has 0 aliphatic rings. The lowest BCUT2D eigenvalue weighted by Gasteiger charge is -2.05. The molecule has 100 valence electrons. The Labute approximate surface area is 120 Å². The van der Waals surface area contributed by atoms with Crippen molar-refractivity contribution in [2.45, 2.75) is 0 Å². The van der Waals surface area contributed by atoms with Gasteiger partial charge in [0.15, 0.2) is 5.75 Å². The molecule has 1 amide bonds. The van der Waals surface area contributed by atoms with Crippen LogP contribution >= 0.6 is 11.3 Å². The number of hydrogen-bond donors (Lipinski definition) is 1. The highest BCUT2D eigenvalue weighted by Gasteiger charge is 2.12. The molecule has 1 aromatic carbocycles. The van der Waals surface area contributed by atoms with Crippen molar-refractivity contribution >= 4 is 27.3 Å². The van der Waals surface area contributed by atoms with Crippen LogP contribution < -0.4 is 10.1 Å². The molecule has 2 heterocycles. The number of rotatable bonds is 3. The van der Waals surface area contributed by atoms with Crippen molar-refractivity contribution in [3.05, 3.63) is 53.7 Å². The molecule has 0 aliphatic carbocycles. The first-order valence-electron chi connectivity index (χ1n) is 6.10. The van der Waals surface area contributed by atoms with Gasteiger partial charge in [0.25, 0.3) is 5.91 Å². The van der Waals surface area contributed by atoms with E-state index in [9.17, 15) is 4.79 Å². The van der Waals surface area contributed by atoms with Crippen molar-refractivity contribution in [2.75, 3.05) is 7.05 Å². The lowest BCUT2D eigenvalue weighted by atomic mass is 10.3. The first-order valence-corrected chi connectivity index (χ1v) is 6.92. The highest BCUT2D eigenvalue weighted by molar-refractivity contribution is 7.20. The fourth-order valence-corrected chi connectivity index (χ4v) is 2.86. The second kappa shape index (κ2) is 5.30. The molecule has 0 aliphatic heterocycles. The fraction of sp³-hybridized carbons (Fsp3) is 0.0667. The minimum Gasteiger partial charge on any atom is -0.455 e. The van der Waals surface area contributed by atoms with Crippen LogP contribution in [0.2, 0.25) is 0 Å². The summed E-state index contributed by atoms with van der Waals surface area (Å²) in [6, 6.07) is 11.3. The number of nitrogens with zero attached hydrogens (tertiary/aromatic N) is 1. The summed E-state index contributed by atoms with van der Waals surface area (Å²) in [6.07, 6.45) is 3.40. The van der Waals surface area contributed by atoms with Crippen LogP contribution in [-0.2, 0) is 0 Å². The van der Waals surface area contributed by atoms with Crippen LogP contribution in [0.4, 0.5) is 0 Å². The number of thiophene rings is 1. The molecule has 0 unspecified atom stereocenters. The van der Waals surface area contributed by atoms with E-state index in [2.05, 4.69) is 10.3 Å². The van der Waals surface area contributed by atoms with E-state index >= 15 is 0 Å². The molecular weight excluding hydrogens is 272 g/mol. The second-order valence-electron chi connectivity index (χ2n) is 4.15. The van der Waals surface area contributed by atoms with Crippen molar-refractivity contribution in [2.24, 2.45) is 0 Å². The maximum atomic E-state index is 11.7. The van der Waals surface area contributed by atoms with Gasteiger partial charge in [0, 0.05) is 18.6 Å². The van der Waals surface area contributed by atoms with Gasteiger partial charge in [-0.05, 0) is 18.2 Å². The molecule has 0 spiro atoms. The molecule has 1 N–H and O–H groups in total. The Bertz CT molecular complexity index is 753. The normalized spacial score (nSPS) is 10.4. The number of amides is 1. The second-order valence-corrected chi connectivity index (χ2v) is 5.24. The van der Waals surface area contributed by atoms with Gasteiger partial charge in [-0.25, -0.2) is 0 Å². The molecule has 3 rings (SSSR count). The van der Waals surface area contributed by atoms with Crippen molar-refractivity contribution in [1.82, 2.24) is 10.3 Å². The fourth-order valence-electron chi connectivity index (χ4n) is 1.87. The molecule has 0 atom stereocenters. The number of fused-ring (bicyclic) bond motifs is 1. The molecule has 5 heteroatoms. The highest BCUT2D eigenvalue weighted by Crippen LogP contribution is 2.34. The summed E-state index contributed by atoms with van der Waals surface area (Å²) in [6.45, 7) is 0. The Hall–Kier alpha value is -2.40. The Morgan fingerprint density at radius 2 is 2.05 bits per heavy atom. The first-order chi connectivity index (χ1) is 9.78. The number of ether oxygens (including phenoxy) is 1. The summed E-state index contributed by atoms with van der Waals surface area (Å²) >= 11 is 1.40. The van der Waals surface area contributed by atoms with Gasteiger partial charge in [-0.15, -0.1) is 11.3 Å². The molecule has 4 nitrogen and oxygen atoms in total. The van der Waals surface area contributed by atoms with Crippen molar-refractivity contribution in [3.63, 3.8) is 0 Å². The van der Waals surface area contributed by atoms with E-state index in [0.29, 0.717) is 10.6 Å². The van der Waals surface area contributed by atoms with Gasteiger partial charge in [0.2, 0.25) is 0 Å². The largest absolute Gasteiger partial charge is 0.455 e. The van der Waals surface area contributed by atoms with Crippen LogP contribution in [0.5, 0.6) is 11.5 Å². The summed E-state index contributed by atoms with van der Waals surface area (Å²) in [5, 5.41) is 3.52. The van der Waals surface area contributed by atoms with Gasteiger partial charge in [0.1, 0.15) is 5.75 Å². The predicted octanol–water partition coefficient (Wildman–Crippen LogP) is 3.45. The van der Waals surface area contributed by atoms with Crippen molar-refractivity contribution in [3.8, 4) is 11.5 Å². The summed E-state index contributed by atoms with van der Waals surface area (Å²) in [7, 11) is 1.62. The summed E-state index contributed by atoms with van der Waals surface area (Å²) in [5.74, 6) is 1.30. The third kappa shape index (κ3) is 2.35. The average Bonchev–Trinajstić information content (AvgIpc) is 2.93. The molecule has 0 bridgehead atoms. The minimum atomic E-state index is -0.100. The zero-order chi connectivity index (χ0) is 13.9. The van der Waals surface area contributed by atoms with Gasteiger partial charge >= 0.3 is 0 Å². The quantitative estimate of drug-likeness (QED) is 0.801. The third-order valence-electron chi connectivity index (χ3n) is 2.83. The van der Waals surface area contributed by atoms with E-state index in [0.717, 1.165) is 15.8 Å². The van der Waals surface area contributed by atoms with Crippen LogP contribution in [0.15, 0.2) is 48.8 Å². The van der Waals surface area contributed by atoms with E-state index in [1.807, 2.05) is 36.4 Å². The number of para-hydroxylation sites is 1. The van der Waals surface area contributed by atoms with Crippen LogP contribution in [0.3, 0.4) is 0 Å². The van der Waals surface area contributed by atoms with Gasteiger partial charge in [-0.3, -0.25) is 9.78 Å². The number of nitrogens with one attached hydrogen (secondary N) is 1. The van der Waals surface area contributed by atoms with Crippen molar-refractivity contribution in [1.29, 1.82) is 0 Å². The number of carbonyl (C=O) groups excluding carboxylic acids is 1. The van der Waals surface area contributed by atoms with E-state index in [-0.39, 0.29) is 5.91 Å². The first kappa shape index (κ1) is 12.6.